The van der Waals surface area contributed by atoms with Crippen LogP contribution in [0, 0.1) is 18.8 Å². The molecule has 4 rings (SSSR count). The average molecular weight is 367 g/mol. The van der Waals surface area contributed by atoms with Crippen LogP contribution in [0.5, 0.6) is 0 Å². The minimum atomic E-state index is 0.0801. The van der Waals surface area contributed by atoms with Crippen LogP contribution in [-0.2, 0) is 11.2 Å². The van der Waals surface area contributed by atoms with E-state index in [1.165, 1.54) is 0 Å². The smallest absolute Gasteiger partial charge is 0.169 e. The molecule has 1 saturated carbocycles. The van der Waals surface area contributed by atoms with Gasteiger partial charge in [-0.1, -0.05) is 36.7 Å². The van der Waals surface area contributed by atoms with Gasteiger partial charge in [-0.25, -0.2) is 0 Å². The Morgan fingerprint density at radius 2 is 1.85 bits per heavy atom. The van der Waals surface area contributed by atoms with Crippen molar-refractivity contribution in [1.82, 2.24) is 0 Å². The van der Waals surface area contributed by atoms with Crippen LogP contribution in [0.15, 0.2) is 42.2 Å². The number of benzene rings is 2. The number of aryl methyl sites for hydroxylation is 2. The van der Waals surface area contributed by atoms with E-state index in [0.29, 0.717) is 11.3 Å². The van der Waals surface area contributed by atoms with E-state index in [-0.39, 0.29) is 17.6 Å². The first-order valence-electron chi connectivity index (χ1n) is 9.36. The van der Waals surface area contributed by atoms with Crippen molar-refractivity contribution in [3.63, 3.8) is 0 Å². The Balaban J connectivity index is 1.88. The minimum Gasteiger partial charge on any atom is -0.511 e. The van der Waals surface area contributed by atoms with Gasteiger partial charge in [0.1, 0.15) is 5.76 Å². The highest BCUT2D eigenvalue weighted by molar-refractivity contribution is 6.30. The first-order chi connectivity index (χ1) is 12.5. The molecule has 0 radical (unpaired) electrons. The number of hydrogen-bond acceptors (Lipinski definition) is 2. The van der Waals surface area contributed by atoms with Crippen molar-refractivity contribution >= 4 is 23.0 Å². The zero-order chi connectivity index (χ0) is 18.4. The zero-order valence-electron chi connectivity index (χ0n) is 15.2. The van der Waals surface area contributed by atoms with E-state index in [2.05, 4.69) is 25.1 Å². The van der Waals surface area contributed by atoms with Gasteiger partial charge in [0.25, 0.3) is 0 Å². The monoisotopic (exact) mass is 366 g/mol. The van der Waals surface area contributed by atoms with Gasteiger partial charge in [0.05, 0.1) is 5.57 Å². The fourth-order valence-electron chi connectivity index (χ4n) is 4.51. The molecule has 1 fully saturated rings. The summed E-state index contributed by atoms with van der Waals surface area (Å²) in [7, 11) is 0. The van der Waals surface area contributed by atoms with Crippen LogP contribution >= 0.6 is 11.6 Å². The van der Waals surface area contributed by atoms with E-state index in [1.54, 1.807) is 0 Å². The lowest BCUT2D eigenvalue weighted by molar-refractivity contribution is -0.117. The van der Waals surface area contributed by atoms with Crippen molar-refractivity contribution in [2.24, 2.45) is 11.8 Å². The lowest BCUT2D eigenvalue weighted by atomic mass is 9.81. The summed E-state index contributed by atoms with van der Waals surface area (Å²) in [6.45, 7) is 4.13. The number of fused-ring (bicyclic) bond motifs is 2. The Morgan fingerprint density at radius 1 is 1.08 bits per heavy atom. The van der Waals surface area contributed by atoms with E-state index >= 15 is 0 Å². The van der Waals surface area contributed by atoms with Crippen LogP contribution in [0.4, 0.5) is 0 Å². The van der Waals surface area contributed by atoms with Gasteiger partial charge < -0.3 is 5.11 Å². The lowest BCUT2D eigenvalue weighted by Crippen LogP contribution is -2.22. The number of ketones is 1. The van der Waals surface area contributed by atoms with Gasteiger partial charge in [0.2, 0.25) is 0 Å². The molecule has 0 saturated heterocycles. The van der Waals surface area contributed by atoms with Crippen LogP contribution in [0.3, 0.4) is 0 Å². The number of hydrogen-bond donors (Lipinski definition) is 1. The highest BCUT2D eigenvalue weighted by atomic mass is 35.5. The first kappa shape index (κ1) is 17.4. The molecule has 0 heterocycles. The molecule has 2 unspecified atom stereocenters. The number of carbonyl (C=O) groups is 1. The number of aliphatic hydroxyl groups is 1. The van der Waals surface area contributed by atoms with Crippen molar-refractivity contribution in [3.05, 3.63) is 63.9 Å². The molecule has 2 aromatic carbocycles. The second kappa shape index (κ2) is 6.59. The molecule has 0 aliphatic heterocycles. The van der Waals surface area contributed by atoms with E-state index in [9.17, 15) is 9.90 Å². The Morgan fingerprint density at radius 3 is 2.58 bits per heavy atom. The summed E-state index contributed by atoms with van der Waals surface area (Å²) < 4.78 is 0. The third-order valence-corrected chi connectivity index (χ3v) is 6.19. The maximum Gasteiger partial charge on any atom is 0.169 e. The molecule has 1 N–H and O–H groups in total. The van der Waals surface area contributed by atoms with Crippen molar-refractivity contribution in [3.8, 4) is 11.1 Å². The quantitative estimate of drug-likeness (QED) is 0.707. The molecule has 26 heavy (non-hydrogen) atoms. The van der Waals surface area contributed by atoms with Gasteiger partial charge in [-0.2, -0.15) is 0 Å². The second-order valence-electron chi connectivity index (χ2n) is 7.52. The highest BCUT2D eigenvalue weighted by Gasteiger charge is 2.41. The number of aliphatic hydroxyl groups excluding tert-OH is 1. The van der Waals surface area contributed by atoms with Gasteiger partial charge in [-0.3, -0.25) is 4.79 Å². The van der Waals surface area contributed by atoms with Crippen molar-refractivity contribution in [2.75, 3.05) is 0 Å². The minimum absolute atomic E-state index is 0.0801. The van der Waals surface area contributed by atoms with Gasteiger partial charge in [0, 0.05) is 16.9 Å². The molecule has 2 nitrogen and oxygen atoms in total. The fourth-order valence-corrected chi connectivity index (χ4v) is 4.74. The molecule has 134 valence electrons. The molecule has 0 amide bonds. The summed E-state index contributed by atoms with van der Waals surface area (Å²) in [5.74, 6) is 0.661. The van der Waals surface area contributed by atoms with Crippen LogP contribution in [0.25, 0.3) is 16.7 Å². The van der Waals surface area contributed by atoms with Crippen LogP contribution in [0.2, 0.25) is 5.02 Å². The Hall–Kier alpha value is -2.06. The molecule has 2 bridgehead atoms. The summed E-state index contributed by atoms with van der Waals surface area (Å²) in [6, 6.07) is 12.1. The molecular formula is C23H23ClO2. The first-order valence-corrected chi connectivity index (χ1v) is 9.74. The Labute approximate surface area is 159 Å². The third kappa shape index (κ3) is 2.77. The van der Waals surface area contributed by atoms with Crippen LogP contribution in [-0.4, -0.2) is 10.9 Å². The number of Topliss-reactive ketones (excluding diaryl/α,β-unsaturated/α-hetero) is 1. The molecule has 0 spiro atoms. The lowest BCUT2D eigenvalue weighted by Gasteiger charge is -2.24. The Kier molecular flexibility index (Phi) is 4.40. The molecule has 2 aromatic rings. The van der Waals surface area contributed by atoms with Gasteiger partial charge in [-0.05, 0) is 78.6 Å². The summed E-state index contributed by atoms with van der Waals surface area (Å²) in [6.07, 6.45) is 3.46. The highest BCUT2D eigenvalue weighted by Crippen LogP contribution is 2.46. The largest absolute Gasteiger partial charge is 0.511 e. The molecule has 2 atom stereocenters. The van der Waals surface area contributed by atoms with E-state index in [1.807, 2.05) is 25.1 Å². The average Bonchev–Trinajstić information content (AvgIpc) is 3.07. The predicted molar refractivity (Wildman–Crippen MR) is 106 cm³/mol. The molecule has 3 heteroatoms. The standard InChI is InChI=1S/C23H23ClO2/c1-3-14-4-5-15(19-9-8-18(24)10-13(19)2)12-20(14)21-22(25)16-6-7-17(11-16)23(21)26/h4-5,8-10,12,16-17,25H,3,6-7,11H2,1-2H3. The maximum atomic E-state index is 13.0. The zero-order valence-corrected chi connectivity index (χ0v) is 15.9. The third-order valence-electron chi connectivity index (χ3n) is 5.95. The van der Waals surface area contributed by atoms with E-state index in [4.69, 9.17) is 11.6 Å². The normalized spacial score (nSPS) is 22.2. The topological polar surface area (TPSA) is 37.3 Å². The van der Waals surface area contributed by atoms with Crippen molar-refractivity contribution in [2.45, 2.75) is 39.5 Å². The second-order valence-corrected chi connectivity index (χ2v) is 7.95. The van der Waals surface area contributed by atoms with E-state index in [0.717, 1.165) is 58.5 Å². The summed E-state index contributed by atoms with van der Waals surface area (Å²) in [5, 5.41) is 11.5. The fraction of sp³-hybridized carbons (Fsp3) is 0.348. The molecule has 0 aromatic heterocycles. The van der Waals surface area contributed by atoms with Crippen LogP contribution < -0.4 is 0 Å². The Bertz CT molecular complexity index is 926. The number of allylic oxidation sites excluding steroid dienone is 2. The summed E-state index contributed by atoms with van der Waals surface area (Å²) in [5.41, 5.74) is 5.83. The molecule has 2 aliphatic carbocycles. The number of rotatable bonds is 3. The molecular weight excluding hydrogens is 344 g/mol. The molecule has 2 aliphatic rings. The SMILES string of the molecule is CCc1ccc(-c2ccc(Cl)cc2C)cc1C1=C(O)C2CCC(C2)C1=O. The van der Waals surface area contributed by atoms with Gasteiger partial charge in [-0.15, -0.1) is 0 Å². The number of halogens is 1. The van der Waals surface area contributed by atoms with E-state index < -0.39 is 0 Å². The summed E-state index contributed by atoms with van der Waals surface area (Å²) >= 11 is 6.10. The predicted octanol–water partition coefficient (Wildman–Crippen LogP) is 6.15. The van der Waals surface area contributed by atoms with Crippen LogP contribution in [0.1, 0.15) is 42.9 Å². The van der Waals surface area contributed by atoms with Crippen molar-refractivity contribution in [1.29, 1.82) is 0 Å². The number of carbonyl (C=O) groups excluding carboxylic acids is 1. The van der Waals surface area contributed by atoms with Gasteiger partial charge in [0.15, 0.2) is 5.78 Å². The van der Waals surface area contributed by atoms with Gasteiger partial charge >= 0.3 is 0 Å². The maximum absolute atomic E-state index is 13.0. The summed E-state index contributed by atoms with van der Waals surface area (Å²) in [4.78, 5) is 13.0. The van der Waals surface area contributed by atoms with Crippen molar-refractivity contribution < 1.29 is 9.90 Å².